The fourth-order valence-electron chi connectivity index (χ4n) is 2.21. The molecule has 1 aromatic rings. The zero-order valence-corrected chi connectivity index (χ0v) is 12.7. The standard InChI is InChI=1S/C13H17Cl2NOS/c1-9-2-5-16(6-3-9)7-4-11(17)10-8-12(14)18-13(10)15/h8-9H,2-7H2,1H3. The van der Waals surface area contributed by atoms with Gasteiger partial charge in [-0.1, -0.05) is 30.1 Å². The molecule has 1 aliphatic rings. The molecular weight excluding hydrogens is 289 g/mol. The van der Waals surface area contributed by atoms with Gasteiger partial charge >= 0.3 is 0 Å². The molecule has 0 aromatic carbocycles. The number of carbonyl (C=O) groups excluding carboxylic acids is 1. The van der Waals surface area contributed by atoms with Crippen molar-refractivity contribution in [2.24, 2.45) is 5.92 Å². The molecule has 2 heterocycles. The summed E-state index contributed by atoms with van der Waals surface area (Å²) in [4.78, 5) is 14.4. The fraction of sp³-hybridized carbons (Fsp3) is 0.615. The van der Waals surface area contributed by atoms with E-state index in [1.165, 1.54) is 24.2 Å². The quantitative estimate of drug-likeness (QED) is 0.770. The number of hydrogen-bond donors (Lipinski definition) is 0. The van der Waals surface area contributed by atoms with Crippen molar-refractivity contribution in [3.8, 4) is 0 Å². The maximum Gasteiger partial charge on any atom is 0.166 e. The maximum atomic E-state index is 12.0. The van der Waals surface area contributed by atoms with Gasteiger partial charge in [-0.2, -0.15) is 0 Å². The van der Waals surface area contributed by atoms with E-state index in [2.05, 4.69) is 11.8 Å². The molecule has 1 aliphatic heterocycles. The molecule has 18 heavy (non-hydrogen) atoms. The number of nitrogens with zero attached hydrogens (tertiary/aromatic N) is 1. The van der Waals surface area contributed by atoms with E-state index in [0.717, 1.165) is 25.6 Å². The van der Waals surface area contributed by atoms with Gasteiger partial charge in [0, 0.05) is 18.5 Å². The highest BCUT2D eigenvalue weighted by atomic mass is 35.5. The third-order valence-electron chi connectivity index (χ3n) is 3.49. The Kier molecular flexibility index (Phi) is 5.07. The third kappa shape index (κ3) is 3.70. The van der Waals surface area contributed by atoms with Crippen molar-refractivity contribution < 1.29 is 4.79 Å². The van der Waals surface area contributed by atoms with Gasteiger partial charge in [-0.15, -0.1) is 11.3 Å². The lowest BCUT2D eigenvalue weighted by Gasteiger charge is -2.29. The van der Waals surface area contributed by atoms with Crippen LogP contribution in [0.15, 0.2) is 6.07 Å². The zero-order chi connectivity index (χ0) is 13.1. The number of thiophene rings is 1. The van der Waals surface area contributed by atoms with Crippen LogP contribution in [0, 0.1) is 5.92 Å². The molecule has 1 saturated heterocycles. The summed E-state index contributed by atoms with van der Waals surface area (Å²) in [6.07, 6.45) is 3.00. The first kappa shape index (κ1) is 14.3. The Morgan fingerprint density at radius 3 is 2.67 bits per heavy atom. The van der Waals surface area contributed by atoms with Crippen LogP contribution in [0.5, 0.6) is 0 Å². The highest BCUT2D eigenvalue weighted by Gasteiger charge is 2.18. The summed E-state index contributed by atoms with van der Waals surface area (Å²) >= 11 is 13.1. The highest BCUT2D eigenvalue weighted by Crippen LogP contribution is 2.32. The van der Waals surface area contributed by atoms with Gasteiger partial charge in [0.25, 0.3) is 0 Å². The lowest BCUT2D eigenvalue weighted by Crippen LogP contribution is -2.34. The summed E-state index contributed by atoms with van der Waals surface area (Å²) in [5.41, 5.74) is 0.581. The lowest BCUT2D eigenvalue weighted by atomic mass is 9.99. The van der Waals surface area contributed by atoms with E-state index >= 15 is 0 Å². The van der Waals surface area contributed by atoms with Crippen molar-refractivity contribution in [2.75, 3.05) is 19.6 Å². The molecule has 100 valence electrons. The number of piperidine rings is 1. The minimum Gasteiger partial charge on any atom is -0.303 e. The molecule has 0 radical (unpaired) electrons. The number of halogens is 2. The molecule has 5 heteroatoms. The third-order valence-corrected chi connectivity index (χ3v) is 4.98. The molecule has 2 nitrogen and oxygen atoms in total. The molecule has 0 spiro atoms. The molecule has 0 unspecified atom stereocenters. The van der Waals surface area contributed by atoms with Gasteiger partial charge in [-0.05, 0) is 37.9 Å². The van der Waals surface area contributed by atoms with Crippen LogP contribution in [0.3, 0.4) is 0 Å². The van der Waals surface area contributed by atoms with Gasteiger partial charge in [-0.3, -0.25) is 4.79 Å². The van der Waals surface area contributed by atoms with Crippen molar-refractivity contribution in [3.05, 3.63) is 20.3 Å². The van der Waals surface area contributed by atoms with Crippen molar-refractivity contribution >= 4 is 40.3 Å². The maximum absolute atomic E-state index is 12.0. The first-order chi connectivity index (χ1) is 8.56. The average molecular weight is 306 g/mol. The molecule has 2 rings (SSSR count). The largest absolute Gasteiger partial charge is 0.303 e. The van der Waals surface area contributed by atoms with Gasteiger partial charge < -0.3 is 4.90 Å². The van der Waals surface area contributed by atoms with E-state index in [1.807, 2.05) is 0 Å². The number of likely N-dealkylation sites (tertiary alicyclic amines) is 1. The summed E-state index contributed by atoms with van der Waals surface area (Å²) in [7, 11) is 0. The Morgan fingerprint density at radius 2 is 2.11 bits per heavy atom. The summed E-state index contributed by atoms with van der Waals surface area (Å²) in [5.74, 6) is 0.920. The van der Waals surface area contributed by atoms with Crippen LogP contribution in [0.2, 0.25) is 8.67 Å². The summed E-state index contributed by atoms with van der Waals surface area (Å²) in [5, 5.41) is 0. The Bertz CT molecular complexity index is 425. The first-order valence-corrected chi connectivity index (χ1v) is 7.84. The molecule has 0 saturated carbocycles. The van der Waals surface area contributed by atoms with Crippen LogP contribution < -0.4 is 0 Å². The molecule has 0 aliphatic carbocycles. The molecule has 0 atom stereocenters. The number of Topliss-reactive ketones (excluding diaryl/α,β-unsaturated/α-hetero) is 1. The minimum atomic E-state index is 0.0989. The Labute approximate surface area is 122 Å². The van der Waals surface area contributed by atoms with Gasteiger partial charge in [0.1, 0.15) is 4.34 Å². The Hall–Kier alpha value is -0.0900. The Morgan fingerprint density at radius 1 is 1.44 bits per heavy atom. The topological polar surface area (TPSA) is 20.3 Å². The SMILES string of the molecule is CC1CCN(CCC(=O)c2cc(Cl)sc2Cl)CC1. The normalized spacial score (nSPS) is 18.2. The monoisotopic (exact) mass is 305 g/mol. The van der Waals surface area contributed by atoms with Gasteiger partial charge in [0.2, 0.25) is 0 Å². The van der Waals surface area contributed by atoms with Crippen LogP contribution in [-0.4, -0.2) is 30.3 Å². The van der Waals surface area contributed by atoms with Gasteiger partial charge in [-0.25, -0.2) is 0 Å². The van der Waals surface area contributed by atoms with Crippen LogP contribution >= 0.6 is 34.5 Å². The van der Waals surface area contributed by atoms with Gasteiger partial charge in [0.15, 0.2) is 5.78 Å². The first-order valence-electron chi connectivity index (χ1n) is 6.26. The second-order valence-electron chi connectivity index (χ2n) is 4.94. The van der Waals surface area contributed by atoms with Crippen LogP contribution in [0.25, 0.3) is 0 Å². The fourth-order valence-corrected chi connectivity index (χ4v) is 3.71. The van der Waals surface area contributed by atoms with Crippen LogP contribution in [0.1, 0.15) is 36.5 Å². The molecule has 0 bridgehead atoms. The molecule has 1 aromatic heterocycles. The predicted octanol–water partition coefficient (Wildman–Crippen LogP) is 4.36. The zero-order valence-electron chi connectivity index (χ0n) is 10.4. The van der Waals surface area contributed by atoms with E-state index < -0.39 is 0 Å². The number of carbonyl (C=O) groups is 1. The Balaban J connectivity index is 1.83. The molecule has 1 fully saturated rings. The van der Waals surface area contributed by atoms with E-state index in [4.69, 9.17) is 23.2 Å². The molecular formula is C13H17Cl2NOS. The number of ketones is 1. The van der Waals surface area contributed by atoms with Crippen molar-refractivity contribution in [1.29, 1.82) is 0 Å². The second kappa shape index (κ2) is 6.38. The van der Waals surface area contributed by atoms with E-state index in [-0.39, 0.29) is 5.78 Å². The smallest absolute Gasteiger partial charge is 0.166 e. The highest BCUT2D eigenvalue weighted by molar-refractivity contribution is 7.20. The summed E-state index contributed by atoms with van der Waals surface area (Å²) < 4.78 is 1.09. The van der Waals surface area contributed by atoms with Gasteiger partial charge in [0.05, 0.1) is 4.34 Å². The number of hydrogen-bond acceptors (Lipinski definition) is 3. The van der Waals surface area contributed by atoms with Crippen LogP contribution in [0.4, 0.5) is 0 Å². The summed E-state index contributed by atoms with van der Waals surface area (Å²) in [6.45, 7) is 5.32. The van der Waals surface area contributed by atoms with E-state index in [9.17, 15) is 4.79 Å². The lowest BCUT2D eigenvalue weighted by molar-refractivity contribution is 0.0953. The number of rotatable bonds is 4. The second-order valence-corrected chi connectivity index (χ2v) is 7.22. The van der Waals surface area contributed by atoms with E-state index in [0.29, 0.717) is 20.7 Å². The molecule has 0 N–H and O–H groups in total. The summed E-state index contributed by atoms with van der Waals surface area (Å²) in [6, 6.07) is 1.68. The van der Waals surface area contributed by atoms with Crippen molar-refractivity contribution in [2.45, 2.75) is 26.2 Å². The molecule has 0 amide bonds. The van der Waals surface area contributed by atoms with Crippen molar-refractivity contribution in [3.63, 3.8) is 0 Å². The average Bonchev–Trinajstić information content (AvgIpc) is 2.67. The minimum absolute atomic E-state index is 0.0989. The van der Waals surface area contributed by atoms with Crippen molar-refractivity contribution in [1.82, 2.24) is 4.90 Å². The predicted molar refractivity (Wildman–Crippen MR) is 78.1 cm³/mol. The van der Waals surface area contributed by atoms with Crippen LogP contribution in [-0.2, 0) is 0 Å². The van der Waals surface area contributed by atoms with E-state index in [1.54, 1.807) is 6.07 Å².